The van der Waals surface area contributed by atoms with Crippen LogP contribution < -0.4 is 10.3 Å². The Hall–Kier alpha value is -1.92. The van der Waals surface area contributed by atoms with Gasteiger partial charge in [-0.2, -0.15) is 0 Å². The van der Waals surface area contributed by atoms with Crippen molar-refractivity contribution in [1.29, 1.82) is 0 Å². The summed E-state index contributed by atoms with van der Waals surface area (Å²) >= 11 is 0. The third kappa shape index (κ3) is 2.12. The molecule has 0 unspecified atom stereocenters. The summed E-state index contributed by atoms with van der Waals surface area (Å²) in [7, 11) is 1.05. The first-order chi connectivity index (χ1) is 6.97. The number of H-pyrrole nitrogens is 1. The van der Waals surface area contributed by atoms with Gasteiger partial charge in [-0.25, -0.2) is 13.6 Å². The Kier molecular flexibility index (Phi) is 3.03. The summed E-state index contributed by atoms with van der Waals surface area (Å²) in [6.07, 6.45) is -2.97. The maximum Gasteiger partial charge on any atom is 0.352 e. The molecule has 0 amide bonds. The van der Waals surface area contributed by atoms with Crippen molar-refractivity contribution >= 4 is 5.97 Å². The van der Waals surface area contributed by atoms with Crippen LogP contribution in [-0.2, 0) is 0 Å². The van der Waals surface area contributed by atoms with Crippen molar-refractivity contribution < 1.29 is 23.4 Å². The Morgan fingerprint density at radius 3 is 2.60 bits per heavy atom. The minimum absolute atomic E-state index is 0.574. The van der Waals surface area contributed by atoms with Gasteiger partial charge in [-0.15, -0.1) is 0 Å². The number of carboxylic acids is 1. The van der Waals surface area contributed by atoms with E-state index >= 15 is 0 Å². The summed E-state index contributed by atoms with van der Waals surface area (Å²) < 4.78 is 29.3. The largest absolute Gasteiger partial charge is 0.491 e. The molecule has 1 rings (SSSR count). The summed E-state index contributed by atoms with van der Waals surface area (Å²) in [6, 6.07) is 0.674. The lowest BCUT2D eigenvalue weighted by atomic mass is 10.2. The Morgan fingerprint density at radius 2 is 2.20 bits per heavy atom. The smallest absolute Gasteiger partial charge is 0.352 e. The van der Waals surface area contributed by atoms with E-state index in [9.17, 15) is 18.4 Å². The van der Waals surface area contributed by atoms with Crippen LogP contribution in [0.1, 0.15) is 22.5 Å². The Labute approximate surface area is 82.3 Å². The monoisotopic (exact) mass is 219 g/mol. The number of aromatic carboxylic acids is 1. The Bertz CT molecular complexity index is 441. The molecule has 0 atom stereocenters. The summed E-state index contributed by atoms with van der Waals surface area (Å²) in [5, 5.41) is 8.52. The predicted octanol–water partition coefficient (Wildman–Crippen LogP) is 1.02. The molecule has 0 aliphatic heterocycles. The van der Waals surface area contributed by atoms with Gasteiger partial charge in [0.1, 0.15) is 5.69 Å². The van der Waals surface area contributed by atoms with E-state index < -0.39 is 35.0 Å². The van der Waals surface area contributed by atoms with E-state index in [-0.39, 0.29) is 0 Å². The van der Waals surface area contributed by atoms with Crippen molar-refractivity contribution in [2.24, 2.45) is 0 Å². The average molecular weight is 219 g/mol. The number of ether oxygens (including phenoxy) is 1. The molecule has 0 fully saturated rings. The number of pyridine rings is 1. The molecular formula is C8H7F2NO4. The van der Waals surface area contributed by atoms with Gasteiger partial charge in [-0.1, -0.05) is 0 Å². The molecule has 2 N–H and O–H groups in total. The molecule has 82 valence electrons. The summed E-state index contributed by atoms with van der Waals surface area (Å²) in [6.45, 7) is 0. The van der Waals surface area contributed by atoms with Crippen LogP contribution in [0.4, 0.5) is 8.78 Å². The molecule has 0 aliphatic rings. The molecule has 1 heterocycles. The van der Waals surface area contributed by atoms with Gasteiger partial charge in [0.05, 0.1) is 12.7 Å². The number of carboxylic acid groups (broad SMARTS) is 1. The van der Waals surface area contributed by atoms with Crippen LogP contribution in [0.2, 0.25) is 0 Å². The number of hydrogen-bond donors (Lipinski definition) is 2. The standard InChI is InChI=1S/C8H7F2NO4/c1-15-5-3(6(9)10)2-4(8(13)14)11-7(5)12/h2,6H,1H3,(H,11,12)(H,13,14). The topological polar surface area (TPSA) is 79.4 Å². The lowest BCUT2D eigenvalue weighted by Crippen LogP contribution is -2.17. The highest BCUT2D eigenvalue weighted by Crippen LogP contribution is 2.25. The van der Waals surface area contributed by atoms with E-state index in [4.69, 9.17) is 5.11 Å². The third-order valence-electron chi connectivity index (χ3n) is 1.69. The van der Waals surface area contributed by atoms with Crippen LogP contribution in [0.5, 0.6) is 5.75 Å². The maximum atomic E-state index is 12.4. The normalized spacial score (nSPS) is 10.4. The van der Waals surface area contributed by atoms with Crippen molar-refractivity contribution in [2.45, 2.75) is 6.43 Å². The highest BCUT2D eigenvalue weighted by Gasteiger charge is 2.20. The van der Waals surface area contributed by atoms with Gasteiger partial charge in [0.15, 0.2) is 5.75 Å². The quantitative estimate of drug-likeness (QED) is 0.795. The lowest BCUT2D eigenvalue weighted by Gasteiger charge is -2.07. The number of alkyl halides is 2. The minimum atomic E-state index is -2.97. The number of aromatic amines is 1. The fraction of sp³-hybridized carbons (Fsp3) is 0.250. The lowest BCUT2D eigenvalue weighted by molar-refractivity contribution is 0.0689. The van der Waals surface area contributed by atoms with Crippen molar-refractivity contribution in [2.75, 3.05) is 7.11 Å². The van der Waals surface area contributed by atoms with Crippen LogP contribution >= 0.6 is 0 Å². The van der Waals surface area contributed by atoms with E-state index in [2.05, 4.69) is 4.74 Å². The molecule has 0 aliphatic carbocycles. The zero-order valence-electron chi connectivity index (χ0n) is 7.58. The van der Waals surface area contributed by atoms with Gasteiger partial charge in [0.25, 0.3) is 12.0 Å². The van der Waals surface area contributed by atoms with Gasteiger partial charge in [0.2, 0.25) is 0 Å². The average Bonchev–Trinajstić information content (AvgIpc) is 2.16. The zero-order valence-corrected chi connectivity index (χ0v) is 7.58. The SMILES string of the molecule is COc1c(C(F)F)cc(C(=O)O)[nH]c1=O. The minimum Gasteiger partial charge on any atom is -0.491 e. The molecule has 15 heavy (non-hydrogen) atoms. The van der Waals surface area contributed by atoms with Crippen molar-refractivity contribution in [3.05, 3.63) is 27.7 Å². The fourth-order valence-electron chi connectivity index (χ4n) is 1.06. The second-order valence-electron chi connectivity index (χ2n) is 2.61. The number of nitrogens with one attached hydrogen (secondary N) is 1. The molecule has 0 bridgehead atoms. The van der Waals surface area contributed by atoms with Gasteiger partial charge in [-0.3, -0.25) is 4.79 Å². The van der Waals surface area contributed by atoms with Crippen molar-refractivity contribution in [3.8, 4) is 5.75 Å². The number of hydrogen-bond acceptors (Lipinski definition) is 3. The number of methoxy groups -OCH3 is 1. The first-order valence-electron chi connectivity index (χ1n) is 3.80. The maximum absolute atomic E-state index is 12.4. The summed E-state index contributed by atoms with van der Waals surface area (Å²) in [5.74, 6) is -2.06. The molecule has 0 radical (unpaired) electrons. The molecule has 5 nitrogen and oxygen atoms in total. The molecule has 0 aromatic carbocycles. The van der Waals surface area contributed by atoms with Gasteiger partial charge in [0, 0.05) is 0 Å². The van der Waals surface area contributed by atoms with E-state index in [0.29, 0.717) is 6.07 Å². The third-order valence-corrected chi connectivity index (χ3v) is 1.69. The molecule has 0 saturated carbocycles. The van der Waals surface area contributed by atoms with Crippen molar-refractivity contribution in [1.82, 2.24) is 4.98 Å². The first-order valence-corrected chi connectivity index (χ1v) is 3.80. The van der Waals surface area contributed by atoms with Crippen LogP contribution in [0.3, 0.4) is 0 Å². The van der Waals surface area contributed by atoms with Crippen LogP contribution in [-0.4, -0.2) is 23.2 Å². The van der Waals surface area contributed by atoms with Gasteiger partial charge >= 0.3 is 5.97 Å². The number of carbonyl (C=O) groups is 1. The van der Waals surface area contributed by atoms with Crippen LogP contribution in [0, 0.1) is 0 Å². The van der Waals surface area contributed by atoms with E-state index in [1.54, 1.807) is 0 Å². The molecule has 7 heteroatoms. The summed E-state index contributed by atoms with van der Waals surface area (Å²) in [5.41, 5.74) is -2.33. The van der Waals surface area contributed by atoms with Gasteiger partial charge in [-0.05, 0) is 6.07 Å². The molecule has 1 aromatic heterocycles. The fourth-order valence-corrected chi connectivity index (χ4v) is 1.06. The first kappa shape index (κ1) is 11.2. The second-order valence-corrected chi connectivity index (χ2v) is 2.61. The van der Waals surface area contributed by atoms with Crippen molar-refractivity contribution in [3.63, 3.8) is 0 Å². The van der Waals surface area contributed by atoms with E-state index in [0.717, 1.165) is 7.11 Å². The van der Waals surface area contributed by atoms with E-state index in [1.165, 1.54) is 0 Å². The van der Waals surface area contributed by atoms with Crippen LogP contribution in [0.25, 0.3) is 0 Å². The molecule has 0 saturated heterocycles. The highest BCUT2D eigenvalue weighted by atomic mass is 19.3. The Balaban J connectivity index is 3.46. The molecular weight excluding hydrogens is 212 g/mol. The van der Waals surface area contributed by atoms with E-state index in [1.807, 2.05) is 4.98 Å². The van der Waals surface area contributed by atoms with Gasteiger partial charge < -0.3 is 14.8 Å². The number of halogens is 2. The predicted molar refractivity (Wildman–Crippen MR) is 45.5 cm³/mol. The highest BCUT2D eigenvalue weighted by molar-refractivity contribution is 5.85. The van der Waals surface area contributed by atoms with Crippen LogP contribution in [0.15, 0.2) is 10.9 Å². The Morgan fingerprint density at radius 1 is 1.60 bits per heavy atom. The zero-order chi connectivity index (χ0) is 11.6. The molecule has 1 aromatic rings. The number of rotatable bonds is 3. The summed E-state index contributed by atoms with van der Waals surface area (Å²) in [4.78, 5) is 23.5. The number of aromatic nitrogens is 1. The second kappa shape index (κ2) is 4.07. The molecule has 0 spiro atoms.